The fourth-order valence-electron chi connectivity index (χ4n) is 4.08. The van der Waals surface area contributed by atoms with Crippen molar-refractivity contribution in [3.8, 4) is 28.7 Å². The van der Waals surface area contributed by atoms with E-state index in [2.05, 4.69) is 5.32 Å². The maximum Gasteiger partial charge on any atom is 0.514 e. The van der Waals surface area contributed by atoms with Crippen LogP contribution in [-0.2, 0) is 34.5 Å². The van der Waals surface area contributed by atoms with Crippen LogP contribution in [0, 0.1) is 0 Å². The van der Waals surface area contributed by atoms with Crippen molar-refractivity contribution in [2.75, 3.05) is 41.6 Å². The van der Waals surface area contributed by atoms with E-state index in [1.165, 1.54) is 18.9 Å². The van der Waals surface area contributed by atoms with Gasteiger partial charge in [0, 0.05) is 43.6 Å². The van der Waals surface area contributed by atoms with Gasteiger partial charge in [0.05, 0.1) is 40.5 Å². The van der Waals surface area contributed by atoms with Gasteiger partial charge in [0.25, 0.3) is 11.8 Å². The van der Waals surface area contributed by atoms with E-state index in [9.17, 15) is 24.0 Å². The average molecular weight is 661 g/mol. The van der Waals surface area contributed by atoms with E-state index in [1.807, 2.05) is 17.6 Å². The molecular formula is C31H36N2O12S. The lowest BCUT2D eigenvalue weighted by molar-refractivity contribution is -0.197. The van der Waals surface area contributed by atoms with E-state index in [1.54, 1.807) is 45.6 Å². The van der Waals surface area contributed by atoms with Crippen molar-refractivity contribution in [2.45, 2.75) is 37.9 Å². The molecule has 15 heteroatoms. The van der Waals surface area contributed by atoms with Crippen LogP contribution in [0.3, 0.4) is 0 Å². The molecule has 3 amide bonds. The van der Waals surface area contributed by atoms with Crippen molar-refractivity contribution in [3.05, 3.63) is 46.9 Å². The van der Waals surface area contributed by atoms with Gasteiger partial charge in [-0.1, -0.05) is 6.07 Å². The maximum absolute atomic E-state index is 12.3. The number of carbonyl (C=O) groups is 5. The van der Waals surface area contributed by atoms with E-state index in [0.717, 1.165) is 11.1 Å². The van der Waals surface area contributed by atoms with Crippen LogP contribution in [0.5, 0.6) is 28.7 Å². The summed E-state index contributed by atoms with van der Waals surface area (Å²) in [6, 6.07) is 8.71. The molecule has 2 aromatic carbocycles. The molecule has 2 aromatic rings. The van der Waals surface area contributed by atoms with Gasteiger partial charge in [0.15, 0.2) is 11.5 Å². The SMILES string of the molecule is COc1cc(OC)c(/C=C/SCc2ccc(OC)c(OC(=O)OCCNC(=O)CCCC(=O)ON3C(=O)CCC3=O)c2)c(OC)c1. The van der Waals surface area contributed by atoms with Crippen LogP contribution >= 0.6 is 11.8 Å². The van der Waals surface area contributed by atoms with E-state index in [4.69, 9.17) is 33.3 Å². The average Bonchev–Trinajstić information content (AvgIpc) is 3.36. The Morgan fingerprint density at radius 1 is 0.870 bits per heavy atom. The van der Waals surface area contributed by atoms with Gasteiger partial charge in [-0.05, 0) is 35.6 Å². The van der Waals surface area contributed by atoms with Crippen molar-refractivity contribution in [2.24, 2.45) is 0 Å². The second kappa shape index (κ2) is 18.1. The number of methoxy groups -OCH3 is 4. The normalized spacial score (nSPS) is 12.6. The quantitative estimate of drug-likeness (QED) is 0.112. The number of imide groups is 1. The van der Waals surface area contributed by atoms with Gasteiger partial charge in [-0.15, -0.1) is 16.8 Å². The number of nitrogens with zero attached hydrogens (tertiary/aromatic N) is 1. The largest absolute Gasteiger partial charge is 0.514 e. The summed E-state index contributed by atoms with van der Waals surface area (Å²) >= 11 is 1.49. The number of carbonyl (C=O) groups excluding carboxylic acids is 5. The predicted molar refractivity (Wildman–Crippen MR) is 165 cm³/mol. The molecule has 0 bridgehead atoms. The minimum atomic E-state index is -0.982. The first-order valence-electron chi connectivity index (χ1n) is 14.1. The van der Waals surface area contributed by atoms with Crippen LogP contribution in [0.15, 0.2) is 35.7 Å². The zero-order valence-electron chi connectivity index (χ0n) is 26.0. The van der Waals surface area contributed by atoms with E-state index in [0.29, 0.717) is 33.8 Å². The molecule has 1 aliphatic heterocycles. The van der Waals surface area contributed by atoms with Crippen LogP contribution in [-0.4, -0.2) is 76.5 Å². The first-order chi connectivity index (χ1) is 22.2. The highest BCUT2D eigenvalue weighted by molar-refractivity contribution is 8.01. The molecule has 1 heterocycles. The van der Waals surface area contributed by atoms with Crippen LogP contribution in [0.1, 0.15) is 43.2 Å². The van der Waals surface area contributed by atoms with Gasteiger partial charge < -0.3 is 38.6 Å². The molecule has 46 heavy (non-hydrogen) atoms. The number of ether oxygens (including phenoxy) is 6. The fraction of sp³-hybridized carbons (Fsp3) is 0.387. The Labute approximate surface area is 270 Å². The lowest BCUT2D eigenvalue weighted by Gasteiger charge is -2.13. The molecular weight excluding hydrogens is 624 g/mol. The van der Waals surface area contributed by atoms with Gasteiger partial charge in [0.1, 0.15) is 23.9 Å². The molecule has 248 valence electrons. The highest BCUT2D eigenvalue weighted by Gasteiger charge is 2.32. The minimum absolute atomic E-state index is 0.000919. The molecule has 1 N–H and O–H groups in total. The summed E-state index contributed by atoms with van der Waals surface area (Å²) in [6.45, 7) is -0.147. The molecule has 3 rings (SSSR count). The summed E-state index contributed by atoms with van der Waals surface area (Å²) in [5, 5.41) is 4.91. The molecule has 0 aliphatic carbocycles. The lowest BCUT2D eigenvalue weighted by atomic mass is 10.1. The maximum atomic E-state index is 12.3. The van der Waals surface area contributed by atoms with E-state index >= 15 is 0 Å². The van der Waals surface area contributed by atoms with Crippen LogP contribution in [0.2, 0.25) is 0 Å². The molecule has 0 atom stereocenters. The molecule has 1 saturated heterocycles. The van der Waals surface area contributed by atoms with Crippen molar-refractivity contribution in [1.82, 2.24) is 10.4 Å². The third kappa shape index (κ3) is 10.6. The highest BCUT2D eigenvalue weighted by Crippen LogP contribution is 2.36. The third-order valence-electron chi connectivity index (χ3n) is 6.38. The fourth-order valence-corrected chi connectivity index (χ4v) is 4.78. The number of benzene rings is 2. The monoisotopic (exact) mass is 660 g/mol. The second-order valence-corrected chi connectivity index (χ2v) is 10.4. The first kappa shape index (κ1) is 35.6. The van der Waals surface area contributed by atoms with Crippen LogP contribution in [0.4, 0.5) is 4.79 Å². The zero-order chi connectivity index (χ0) is 33.5. The number of hydroxylamine groups is 2. The van der Waals surface area contributed by atoms with Crippen molar-refractivity contribution in [1.29, 1.82) is 0 Å². The Bertz CT molecular complexity index is 1400. The Morgan fingerprint density at radius 3 is 2.17 bits per heavy atom. The molecule has 14 nitrogen and oxygen atoms in total. The third-order valence-corrected chi connectivity index (χ3v) is 7.21. The van der Waals surface area contributed by atoms with Crippen molar-refractivity contribution < 1.29 is 57.2 Å². The summed E-state index contributed by atoms with van der Waals surface area (Å²) < 4.78 is 31.9. The summed E-state index contributed by atoms with van der Waals surface area (Å²) in [7, 11) is 6.14. The van der Waals surface area contributed by atoms with Gasteiger partial charge in [-0.25, -0.2) is 9.59 Å². The van der Waals surface area contributed by atoms with Crippen LogP contribution < -0.4 is 29.0 Å². The van der Waals surface area contributed by atoms with Gasteiger partial charge in [-0.2, -0.15) is 0 Å². The highest BCUT2D eigenvalue weighted by atomic mass is 32.2. The summed E-state index contributed by atoms with van der Waals surface area (Å²) in [5.41, 5.74) is 1.60. The zero-order valence-corrected chi connectivity index (χ0v) is 26.8. The Balaban J connectivity index is 1.40. The smallest absolute Gasteiger partial charge is 0.496 e. The Morgan fingerprint density at radius 2 is 1.54 bits per heavy atom. The minimum Gasteiger partial charge on any atom is -0.496 e. The number of hydrogen-bond acceptors (Lipinski definition) is 13. The van der Waals surface area contributed by atoms with Crippen molar-refractivity contribution in [3.63, 3.8) is 0 Å². The molecule has 0 aromatic heterocycles. The predicted octanol–water partition coefficient (Wildman–Crippen LogP) is 4.03. The molecule has 1 aliphatic rings. The van der Waals surface area contributed by atoms with E-state index in [-0.39, 0.29) is 56.9 Å². The molecule has 0 saturated carbocycles. The standard InChI is InChI=1S/C31H36N2O12S/c1-39-21-17-24(41-3)22(25(18-21)42-4)12-15-46-19-20-8-9-23(40-2)26(16-20)44-31(38)43-14-13-32-27(34)6-5-7-30(37)45-33-28(35)10-11-29(33)36/h8-9,12,15-18H,5-7,10-11,13-14,19H2,1-4H3,(H,32,34)/b15-12+. The van der Waals surface area contributed by atoms with E-state index < -0.39 is 23.9 Å². The Kier molecular flexibility index (Phi) is 14.0. The molecule has 1 fully saturated rings. The van der Waals surface area contributed by atoms with Crippen molar-refractivity contribution >= 4 is 47.7 Å². The first-order valence-corrected chi connectivity index (χ1v) is 15.2. The van der Waals surface area contributed by atoms with Gasteiger partial charge >= 0.3 is 12.1 Å². The number of nitrogens with one attached hydrogen (secondary N) is 1. The number of amides is 3. The molecule has 0 spiro atoms. The lowest BCUT2D eigenvalue weighted by Crippen LogP contribution is -2.32. The number of hydrogen-bond donors (Lipinski definition) is 1. The summed E-state index contributed by atoms with van der Waals surface area (Å²) in [4.78, 5) is 63.8. The van der Waals surface area contributed by atoms with Gasteiger partial charge in [0.2, 0.25) is 5.91 Å². The topological polar surface area (TPSA) is 165 Å². The second-order valence-electron chi connectivity index (χ2n) is 9.49. The van der Waals surface area contributed by atoms with Crippen LogP contribution in [0.25, 0.3) is 6.08 Å². The Hall–Kier alpha value is -4.92. The molecule has 0 radical (unpaired) electrons. The van der Waals surface area contributed by atoms with Gasteiger partial charge in [-0.3, -0.25) is 14.4 Å². The molecule has 0 unspecified atom stereocenters. The summed E-state index contributed by atoms with van der Waals surface area (Å²) in [6.07, 6.45) is 0.855. The number of rotatable bonds is 17. The summed E-state index contributed by atoms with van der Waals surface area (Å²) in [5.74, 6) is 0.537. The number of thioether (sulfide) groups is 1.